The second kappa shape index (κ2) is 5.00. The molecule has 2 nitrogen and oxygen atoms in total. The van der Waals surface area contributed by atoms with Crippen LogP contribution < -0.4 is 0 Å². The lowest BCUT2D eigenvalue weighted by atomic mass is 9.88. The predicted octanol–water partition coefficient (Wildman–Crippen LogP) is 3.02. The SMILES string of the molecule is O=CC(O)(c1ccc(F)cc1)c1ccc(Br)cc1. The van der Waals surface area contributed by atoms with Crippen molar-refractivity contribution in [2.24, 2.45) is 0 Å². The molecule has 0 bridgehead atoms. The van der Waals surface area contributed by atoms with E-state index in [1.807, 2.05) is 0 Å². The molecule has 0 radical (unpaired) electrons. The Balaban J connectivity index is 2.50. The Morgan fingerprint density at radius 3 is 1.89 bits per heavy atom. The molecule has 2 rings (SSSR count). The highest BCUT2D eigenvalue weighted by Gasteiger charge is 2.31. The van der Waals surface area contributed by atoms with Crippen LogP contribution in [0.4, 0.5) is 4.39 Å². The van der Waals surface area contributed by atoms with Crippen LogP contribution in [-0.2, 0) is 10.4 Å². The van der Waals surface area contributed by atoms with E-state index in [4.69, 9.17) is 0 Å². The molecule has 0 amide bonds. The lowest BCUT2D eigenvalue weighted by molar-refractivity contribution is -0.121. The van der Waals surface area contributed by atoms with Crippen LogP contribution in [0.5, 0.6) is 0 Å². The maximum atomic E-state index is 12.9. The minimum absolute atomic E-state index is 0.334. The number of halogens is 2. The van der Waals surface area contributed by atoms with Crippen LogP contribution in [0.3, 0.4) is 0 Å². The van der Waals surface area contributed by atoms with E-state index in [1.165, 1.54) is 24.3 Å². The third-order valence-corrected chi connectivity index (χ3v) is 3.27. The number of hydrogen-bond donors (Lipinski definition) is 1. The van der Waals surface area contributed by atoms with Crippen LogP contribution in [0.25, 0.3) is 0 Å². The summed E-state index contributed by atoms with van der Waals surface area (Å²) >= 11 is 3.28. The Hall–Kier alpha value is -1.52. The van der Waals surface area contributed by atoms with Crippen molar-refractivity contribution < 1.29 is 14.3 Å². The van der Waals surface area contributed by atoms with Gasteiger partial charge in [0.05, 0.1) is 0 Å². The average molecular weight is 309 g/mol. The average Bonchev–Trinajstić information content (AvgIpc) is 2.39. The van der Waals surface area contributed by atoms with Crippen LogP contribution in [0.15, 0.2) is 53.0 Å². The largest absolute Gasteiger partial charge is 0.373 e. The Morgan fingerprint density at radius 1 is 1.00 bits per heavy atom. The van der Waals surface area contributed by atoms with Gasteiger partial charge in [0.25, 0.3) is 0 Å². The first-order valence-electron chi connectivity index (χ1n) is 5.27. The number of rotatable bonds is 3. The van der Waals surface area contributed by atoms with E-state index >= 15 is 0 Å². The summed E-state index contributed by atoms with van der Waals surface area (Å²) in [5.41, 5.74) is -0.984. The Labute approximate surface area is 112 Å². The van der Waals surface area contributed by atoms with E-state index in [0.717, 1.165) is 4.47 Å². The third-order valence-electron chi connectivity index (χ3n) is 2.74. The summed E-state index contributed by atoms with van der Waals surface area (Å²) in [6.45, 7) is 0. The van der Waals surface area contributed by atoms with Crippen molar-refractivity contribution in [2.75, 3.05) is 0 Å². The monoisotopic (exact) mass is 308 g/mol. The molecular weight excluding hydrogens is 299 g/mol. The zero-order valence-electron chi connectivity index (χ0n) is 9.31. The number of carbonyl (C=O) groups excluding carboxylic acids is 1. The van der Waals surface area contributed by atoms with Gasteiger partial charge in [-0.3, -0.25) is 4.79 Å². The standard InChI is InChI=1S/C14H10BrFO2/c15-12-5-1-10(2-6-12)14(18,9-17)11-3-7-13(16)8-4-11/h1-9,18H. The summed E-state index contributed by atoms with van der Waals surface area (Å²) in [7, 11) is 0. The van der Waals surface area contributed by atoms with Gasteiger partial charge in [-0.1, -0.05) is 40.2 Å². The molecule has 0 saturated heterocycles. The highest BCUT2D eigenvalue weighted by atomic mass is 79.9. The van der Waals surface area contributed by atoms with Crippen molar-refractivity contribution in [1.82, 2.24) is 0 Å². The van der Waals surface area contributed by atoms with Gasteiger partial charge in [0.2, 0.25) is 0 Å². The lowest BCUT2D eigenvalue weighted by Gasteiger charge is -2.22. The highest BCUT2D eigenvalue weighted by Crippen LogP contribution is 2.28. The fraction of sp³-hybridized carbons (Fsp3) is 0.0714. The summed E-state index contributed by atoms with van der Waals surface area (Å²) in [5.74, 6) is -0.414. The van der Waals surface area contributed by atoms with Gasteiger partial charge in [0.15, 0.2) is 11.9 Å². The molecule has 92 valence electrons. The van der Waals surface area contributed by atoms with Crippen LogP contribution in [0.2, 0.25) is 0 Å². The second-order valence-corrected chi connectivity index (χ2v) is 4.81. The first-order chi connectivity index (χ1) is 8.56. The minimum Gasteiger partial charge on any atom is -0.373 e. The Kier molecular flexibility index (Phi) is 3.59. The molecule has 0 fully saturated rings. The summed E-state index contributed by atoms with van der Waals surface area (Å²) in [6, 6.07) is 12.0. The van der Waals surface area contributed by atoms with E-state index in [1.54, 1.807) is 24.3 Å². The number of benzene rings is 2. The smallest absolute Gasteiger partial charge is 0.170 e. The van der Waals surface area contributed by atoms with E-state index < -0.39 is 11.4 Å². The van der Waals surface area contributed by atoms with Gasteiger partial charge in [0.1, 0.15) is 5.82 Å². The van der Waals surface area contributed by atoms with Gasteiger partial charge >= 0.3 is 0 Å². The number of aliphatic hydroxyl groups is 1. The van der Waals surface area contributed by atoms with E-state index in [9.17, 15) is 14.3 Å². The maximum absolute atomic E-state index is 12.9. The molecular formula is C14H10BrFO2. The molecule has 0 spiro atoms. The molecule has 0 aliphatic heterocycles. The normalized spacial score (nSPS) is 13.9. The highest BCUT2D eigenvalue weighted by molar-refractivity contribution is 9.10. The van der Waals surface area contributed by atoms with E-state index in [0.29, 0.717) is 17.4 Å². The topological polar surface area (TPSA) is 37.3 Å². The maximum Gasteiger partial charge on any atom is 0.170 e. The number of hydrogen-bond acceptors (Lipinski definition) is 2. The fourth-order valence-corrected chi connectivity index (χ4v) is 1.98. The summed E-state index contributed by atoms with van der Waals surface area (Å²) < 4.78 is 13.7. The summed E-state index contributed by atoms with van der Waals surface area (Å²) in [6.07, 6.45) is 0.448. The Bertz CT molecular complexity index is 504. The second-order valence-electron chi connectivity index (χ2n) is 3.90. The first kappa shape index (κ1) is 12.9. The number of carbonyl (C=O) groups is 1. The molecule has 2 aromatic carbocycles. The molecule has 18 heavy (non-hydrogen) atoms. The van der Waals surface area contributed by atoms with E-state index in [2.05, 4.69) is 15.9 Å². The van der Waals surface area contributed by atoms with Gasteiger partial charge in [-0.15, -0.1) is 0 Å². The molecule has 0 saturated carbocycles. The molecule has 2 aromatic rings. The summed E-state index contributed by atoms with van der Waals surface area (Å²) in [5, 5.41) is 10.4. The van der Waals surface area contributed by atoms with Crippen molar-refractivity contribution in [3.05, 3.63) is 69.9 Å². The number of aldehydes is 1. The van der Waals surface area contributed by atoms with Crippen LogP contribution in [-0.4, -0.2) is 11.4 Å². The lowest BCUT2D eigenvalue weighted by Crippen LogP contribution is -2.28. The molecule has 0 heterocycles. The van der Waals surface area contributed by atoms with Crippen molar-refractivity contribution in [1.29, 1.82) is 0 Å². The third kappa shape index (κ3) is 2.35. The van der Waals surface area contributed by atoms with Gasteiger partial charge in [-0.2, -0.15) is 0 Å². The fourth-order valence-electron chi connectivity index (χ4n) is 1.71. The minimum atomic E-state index is -1.76. The van der Waals surface area contributed by atoms with Crippen molar-refractivity contribution in [3.63, 3.8) is 0 Å². The molecule has 1 unspecified atom stereocenters. The van der Waals surface area contributed by atoms with Crippen LogP contribution in [0.1, 0.15) is 11.1 Å². The van der Waals surface area contributed by atoms with E-state index in [-0.39, 0.29) is 0 Å². The predicted molar refractivity (Wildman–Crippen MR) is 69.6 cm³/mol. The van der Waals surface area contributed by atoms with Crippen LogP contribution in [0, 0.1) is 5.82 Å². The van der Waals surface area contributed by atoms with Gasteiger partial charge in [-0.05, 0) is 35.4 Å². The first-order valence-corrected chi connectivity index (χ1v) is 6.06. The van der Waals surface area contributed by atoms with Crippen molar-refractivity contribution in [3.8, 4) is 0 Å². The zero-order chi connectivity index (χ0) is 13.2. The van der Waals surface area contributed by atoms with Gasteiger partial charge < -0.3 is 5.11 Å². The molecule has 0 aliphatic rings. The molecule has 4 heteroatoms. The molecule has 0 aliphatic carbocycles. The van der Waals surface area contributed by atoms with Crippen molar-refractivity contribution in [2.45, 2.75) is 5.60 Å². The zero-order valence-corrected chi connectivity index (χ0v) is 10.9. The molecule has 0 aromatic heterocycles. The van der Waals surface area contributed by atoms with Crippen LogP contribution >= 0.6 is 15.9 Å². The molecule has 1 atom stereocenters. The quantitative estimate of drug-likeness (QED) is 0.885. The van der Waals surface area contributed by atoms with Gasteiger partial charge in [0, 0.05) is 4.47 Å². The Morgan fingerprint density at radius 2 is 1.44 bits per heavy atom. The summed E-state index contributed by atoms with van der Waals surface area (Å²) in [4.78, 5) is 11.2. The van der Waals surface area contributed by atoms with Gasteiger partial charge in [-0.25, -0.2) is 4.39 Å². The molecule has 1 N–H and O–H groups in total. The van der Waals surface area contributed by atoms with Crippen molar-refractivity contribution >= 4 is 22.2 Å².